The number of aromatic amines is 1. The highest BCUT2D eigenvalue weighted by Crippen LogP contribution is 2.37. The van der Waals surface area contributed by atoms with E-state index in [9.17, 15) is 9.65 Å². The first kappa shape index (κ1) is 22.9. The van der Waals surface area contributed by atoms with Gasteiger partial charge in [-0.05, 0) is 72.7 Å². The monoisotopic (exact) mass is 490 g/mol. The molecule has 172 valence electrons. The van der Waals surface area contributed by atoms with Crippen molar-refractivity contribution in [3.8, 4) is 17.2 Å². The Kier molecular flexibility index (Phi) is 6.87. The number of hydrogen-bond donors (Lipinski definition) is 2. The van der Waals surface area contributed by atoms with Crippen LogP contribution in [0.2, 0.25) is 5.02 Å². The van der Waals surface area contributed by atoms with Crippen molar-refractivity contribution >= 4 is 34.4 Å². The van der Waals surface area contributed by atoms with Gasteiger partial charge in [0, 0.05) is 11.8 Å². The summed E-state index contributed by atoms with van der Waals surface area (Å²) in [5.74, 6) is 1.38. The average Bonchev–Trinajstić information content (AvgIpc) is 3.27. The van der Waals surface area contributed by atoms with Crippen LogP contribution in [0.4, 0.5) is 4.39 Å². The number of piperidine rings is 1. The van der Waals surface area contributed by atoms with Gasteiger partial charge in [0.1, 0.15) is 5.82 Å². The quantitative estimate of drug-likeness (QED) is 0.293. The van der Waals surface area contributed by atoms with E-state index in [2.05, 4.69) is 45.6 Å². The highest BCUT2D eigenvalue weighted by Gasteiger charge is 2.26. The molecule has 1 saturated heterocycles. The fraction of sp³-hybridized carbons (Fsp3) is 0.259. The Balaban J connectivity index is 1.38. The number of rotatable bonds is 6. The zero-order valence-corrected chi connectivity index (χ0v) is 20.1. The molecule has 0 radical (unpaired) electrons. The molecule has 0 aliphatic carbocycles. The lowest BCUT2D eigenvalue weighted by molar-refractivity contribution is 0.333. The Hall–Kier alpha value is -2.85. The number of H-pyrrole nitrogens is 1. The fourth-order valence-corrected chi connectivity index (χ4v) is 5.97. The Morgan fingerprint density at radius 2 is 1.88 bits per heavy atom. The molecule has 1 unspecified atom stereocenters. The third-order valence-corrected chi connectivity index (χ3v) is 7.80. The van der Waals surface area contributed by atoms with Crippen molar-refractivity contribution < 1.29 is 4.39 Å². The normalized spacial score (nSPS) is 15.3. The summed E-state index contributed by atoms with van der Waals surface area (Å²) in [6, 6.07) is 21.6. The number of halogens is 2. The summed E-state index contributed by atoms with van der Waals surface area (Å²) in [5.41, 5.74) is 5.46. The van der Waals surface area contributed by atoms with E-state index in [1.54, 1.807) is 17.8 Å². The van der Waals surface area contributed by atoms with Gasteiger partial charge in [-0.15, -0.1) is 0 Å². The fourth-order valence-electron chi connectivity index (χ4n) is 4.66. The zero-order chi connectivity index (χ0) is 23.5. The number of aromatic nitrogens is 2. The Morgan fingerprint density at radius 1 is 1.09 bits per heavy atom. The first-order valence-corrected chi connectivity index (χ1v) is 12.8. The van der Waals surface area contributed by atoms with Gasteiger partial charge in [0.05, 0.1) is 27.7 Å². The number of hydrogen-bond acceptors (Lipinski definition) is 4. The van der Waals surface area contributed by atoms with Crippen LogP contribution in [0, 0.1) is 23.1 Å². The van der Waals surface area contributed by atoms with Gasteiger partial charge in [0.25, 0.3) is 0 Å². The van der Waals surface area contributed by atoms with E-state index in [1.807, 2.05) is 24.3 Å². The van der Waals surface area contributed by atoms with Gasteiger partial charge in [-0.25, -0.2) is 9.37 Å². The van der Waals surface area contributed by atoms with Crippen LogP contribution in [-0.2, 0) is 0 Å². The van der Waals surface area contributed by atoms with Crippen LogP contribution >= 0.6 is 23.4 Å². The van der Waals surface area contributed by atoms with E-state index < -0.39 is 5.82 Å². The van der Waals surface area contributed by atoms with Gasteiger partial charge in [-0.2, -0.15) is 5.26 Å². The Labute approximate surface area is 207 Å². The topological polar surface area (TPSA) is 64.5 Å². The molecule has 5 rings (SSSR count). The van der Waals surface area contributed by atoms with Crippen LogP contribution in [0.3, 0.4) is 0 Å². The molecule has 1 aliphatic heterocycles. The molecule has 2 N–H and O–H groups in total. The highest BCUT2D eigenvalue weighted by molar-refractivity contribution is 7.99. The molecule has 0 amide bonds. The standard InChI is InChI=1S/C27H24ClFN4S/c28-23-13-25-26(14-24(23)29)33-27(32-25)34-16-22(20-8-10-31-11-9-20)19-6-4-18(5-7-19)21-3-1-2-17(12-21)15-30/h1-7,12-14,20,22,31H,8-11,16H2,(H,32,33). The summed E-state index contributed by atoms with van der Waals surface area (Å²) in [5, 5.41) is 13.5. The summed E-state index contributed by atoms with van der Waals surface area (Å²) >= 11 is 7.60. The predicted octanol–water partition coefficient (Wildman–Crippen LogP) is 6.77. The second kappa shape index (κ2) is 10.2. The second-order valence-corrected chi connectivity index (χ2v) is 10.1. The molecular weight excluding hydrogens is 467 g/mol. The molecule has 34 heavy (non-hydrogen) atoms. The molecule has 0 saturated carbocycles. The van der Waals surface area contributed by atoms with Crippen LogP contribution in [0.15, 0.2) is 65.8 Å². The minimum Gasteiger partial charge on any atom is -0.333 e. The van der Waals surface area contributed by atoms with Crippen molar-refractivity contribution in [2.24, 2.45) is 5.92 Å². The maximum atomic E-state index is 13.8. The first-order chi connectivity index (χ1) is 16.6. The summed E-state index contributed by atoms with van der Waals surface area (Å²) in [4.78, 5) is 7.84. The number of fused-ring (bicyclic) bond motifs is 1. The number of nitrogens with zero attached hydrogens (tertiary/aromatic N) is 2. The van der Waals surface area contributed by atoms with Crippen molar-refractivity contribution in [1.82, 2.24) is 15.3 Å². The number of imidazole rings is 1. The van der Waals surface area contributed by atoms with E-state index in [0.29, 0.717) is 22.9 Å². The summed E-state index contributed by atoms with van der Waals surface area (Å²) in [7, 11) is 0. The largest absolute Gasteiger partial charge is 0.333 e. The van der Waals surface area contributed by atoms with Crippen LogP contribution in [0.25, 0.3) is 22.2 Å². The third kappa shape index (κ3) is 4.97. The second-order valence-electron chi connectivity index (χ2n) is 8.64. The molecule has 1 fully saturated rings. The SMILES string of the molecule is N#Cc1cccc(-c2ccc(C(CSc3nc4cc(F)c(Cl)cc4[nH]3)C3CCNCC3)cc2)c1. The minimum atomic E-state index is -0.454. The molecule has 4 aromatic rings. The van der Waals surface area contributed by atoms with Gasteiger partial charge >= 0.3 is 0 Å². The van der Waals surface area contributed by atoms with Gasteiger partial charge in [0.15, 0.2) is 5.16 Å². The lowest BCUT2D eigenvalue weighted by Gasteiger charge is -2.31. The van der Waals surface area contributed by atoms with E-state index in [1.165, 1.54) is 11.6 Å². The molecule has 1 aliphatic rings. The number of nitriles is 1. The molecule has 7 heteroatoms. The van der Waals surface area contributed by atoms with E-state index in [-0.39, 0.29) is 5.02 Å². The van der Waals surface area contributed by atoms with E-state index in [4.69, 9.17) is 11.6 Å². The van der Waals surface area contributed by atoms with E-state index in [0.717, 1.165) is 53.5 Å². The average molecular weight is 491 g/mol. The zero-order valence-electron chi connectivity index (χ0n) is 18.5. The number of benzene rings is 3. The van der Waals surface area contributed by atoms with Crippen molar-refractivity contribution in [2.45, 2.75) is 23.9 Å². The summed E-state index contributed by atoms with van der Waals surface area (Å²) in [6.07, 6.45) is 2.27. The lowest BCUT2D eigenvalue weighted by Crippen LogP contribution is -2.31. The van der Waals surface area contributed by atoms with Gasteiger partial charge in [0.2, 0.25) is 0 Å². The third-order valence-electron chi connectivity index (χ3n) is 6.52. The molecular formula is C27H24ClFN4S. The van der Waals surface area contributed by atoms with Crippen molar-refractivity contribution in [3.63, 3.8) is 0 Å². The lowest BCUT2D eigenvalue weighted by atomic mass is 9.81. The van der Waals surface area contributed by atoms with Crippen molar-refractivity contribution in [2.75, 3.05) is 18.8 Å². The Bertz CT molecular complexity index is 1300. The van der Waals surface area contributed by atoms with E-state index >= 15 is 0 Å². The molecule has 1 aromatic heterocycles. The van der Waals surface area contributed by atoms with Gasteiger partial charge in [-0.3, -0.25) is 0 Å². The van der Waals surface area contributed by atoms with Crippen LogP contribution < -0.4 is 5.32 Å². The molecule has 2 heterocycles. The van der Waals surface area contributed by atoms with Crippen LogP contribution in [0.5, 0.6) is 0 Å². The molecule has 0 bridgehead atoms. The van der Waals surface area contributed by atoms with Gasteiger partial charge < -0.3 is 10.3 Å². The van der Waals surface area contributed by atoms with Crippen LogP contribution in [-0.4, -0.2) is 28.8 Å². The van der Waals surface area contributed by atoms with Crippen LogP contribution in [0.1, 0.15) is 29.9 Å². The summed E-state index contributed by atoms with van der Waals surface area (Å²) < 4.78 is 13.8. The maximum Gasteiger partial charge on any atom is 0.166 e. The molecule has 3 aromatic carbocycles. The predicted molar refractivity (Wildman–Crippen MR) is 137 cm³/mol. The molecule has 1 atom stereocenters. The minimum absolute atomic E-state index is 0.0979. The Morgan fingerprint density at radius 3 is 2.65 bits per heavy atom. The maximum absolute atomic E-state index is 13.8. The number of thioether (sulfide) groups is 1. The molecule has 0 spiro atoms. The highest BCUT2D eigenvalue weighted by atomic mass is 35.5. The molecule has 4 nitrogen and oxygen atoms in total. The van der Waals surface area contributed by atoms with Crippen molar-refractivity contribution in [3.05, 3.63) is 82.6 Å². The smallest absolute Gasteiger partial charge is 0.166 e. The number of nitrogens with one attached hydrogen (secondary N) is 2. The summed E-state index contributed by atoms with van der Waals surface area (Å²) in [6.45, 7) is 2.07. The van der Waals surface area contributed by atoms with Gasteiger partial charge in [-0.1, -0.05) is 59.8 Å². The van der Waals surface area contributed by atoms with Crippen molar-refractivity contribution in [1.29, 1.82) is 5.26 Å². The first-order valence-electron chi connectivity index (χ1n) is 11.4.